The fourth-order valence-electron chi connectivity index (χ4n) is 2.59. The zero-order valence-corrected chi connectivity index (χ0v) is 13.4. The van der Waals surface area contributed by atoms with Crippen LogP contribution in [0.5, 0.6) is 0 Å². The molecule has 7 heteroatoms. The van der Waals surface area contributed by atoms with Gasteiger partial charge in [0.25, 0.3) is 5.91 Å². The van der Waals surface area contributed by atoms with Crippen LogP contribution in [0.2, 0.25) is 5.02 Å². The first-order chi connectivity index (χ1) is 9.71. The lowest BCUT2D eigenvalue weighted by atomic mass is 10.1. The minimum atomic E-state index is -3.31. The maximum atomic E-state index is 12.6. The molecule has 0 bridgehead atoms. The van der Waals surface area contributed by atoms with Crippen LogP contribution in [0.3, 0.4) is 0 Å². The molecule has 1 aliphatic rings. The topological polar surface area (TPSA) is 74.7 Å². The molecule has 1 aromatic rings. The van der Waals surface area contributed by atoms with Crippen LogP contribution in [0.15, 0.2) is 24.3 Å². The molecular weight excluding hydrogens is 314 g/mol. The second kappa shape index (κ2) is 5.94. The quantitative estimate of drug-likeness (QED) is 0.907. The fraction of sp³-hybridized carbons (Fsp3) is 0.500. The van der Waals surface area contributed by atoms with Gasteiger partial charge in [-0.25, -0.2) is 8.42 Å². The number of sulfone groups is 1. The van der Waals surface area contributed by atoms with E-state index in [1.807, 2.05) is 0 Å². The fourth-order valence-corrected chi connectivity index (χ4v) is 4.49. The van der Waals surface area contributed by atoms with Crippen molar-refractivity contribution in [3.05, 3.63) is 34.9 Å². The van der Waals surface area contributed by atoms with E-state index in [0.717, 1.165) is 0 Å². The van der Waals surface area contributed by atoms with E-state index in [-0.39, 0.29) is 23.5 Å². The number of hydrogen-bond donors (Lipinski definition) is 1. The molecule has 0 saturated carbocycles. The number of carbonyl (C=O) groups is 1. The van der Waals surface area contributed by atoms with Crippen LogP contribution in [-0.4, -0.2) is 54.0 Å². The predicted octanol–water partition coefficient (Wildman–Crippen LogP) is 1.35. The Morgan fingerprint density at radius 2 is 1.86 bits per heavy atom. The summed E-state index contributed by atoms with van der Waals surface area (Å²) >= 11 is 5.80. The van der Waals surface area contributed by atoms with E-state index in [4.69, 9.17) is 11.6 Å². The van der Waals surface area contributed by atoms with Crippen molar-refractivity contribution in [3.8, 4) is 0 Å². The van der Waals surface area contributed by atoms with Crippen molar-refractivity contribution >= 4 is 27.3 Å². The summed E-state index contributed by atoms with van der Waals surface area (Å²) in [6, 6.07) is 5.47. The lowest BCUT2D eigenvalue weighted by Crippen LogP contribution is -2.50. The SMILES string of the molecule is CC(C)N(C(=O)c1ccc(Cl)cc1)[C@@H]1CS(=O)(=O)C[C@H]1O. The van der Waals surface area contributed by atoms with Gasteiger partial charge in [0.1, 0.15) is 0 Å². The highest BCUT2D eigenvalue weighted by molar-refractivity contribution is 7.91. The Kier molecular flexibility index (Phi) is 4.60. The summed E-state index contributed by atoms with van der Waals surface area (Å²) < 4.78 is 23.3. The van der Waals surface area contributed by atoms with Crippen molar-refractivity contribution in [1.29, 1.82) is 0 Å². The average Bonchev–Trinajstić information content (AvgIpc) is 2.63. The predicted molar refractivity (Wildman–Crippen MR) is 81.2 cm³/mol. The van der Waals surface area contributed by atoms with Gasteiger partial charge in [0, 0.05) is 16.6 Å². The number of amides is 1. The number of benzene rings is 1. The van der Waals surface area contributed by atoms with E-state index < -0.39 is 22.0 Å². The van der Waals surface area contributed by atoms with E-state index in [0.29, 0.717) is 10.6 Å². The lowest BCUT2D eigenvalue weighted by molar-refractivity contribution is 0.0410. The Morgan fingerprint density at radius 3 is 2.29 bits per heavy atom. The zero-order valence-electron chi connectivity index (χ0n) is 11.9. The molecule has 1 amide bonds. The molecule has 1 saturated heterocycles. The summed E-state index contributed by atoms with van der Waals surface area (Å²) in [7, 11) is -3.31. The lowest BCUT2D eigenvalue weighted by Gasteiger charge is -2.34. The van der Waals surface area contributed by atoms with Gasteiger partial charge in [-0.2, -0.15) is 0 Å². The smallest absolute Gasteiger partial charge is 0.254 e. The van der Waals surface area contributed by atoms with Gasteiger partial charge in [0.05, 0.1) is 23.7 Å². The first-order valence-corrected chi connectivity index (χ1v) is 8.88. The molecule has 0 radical (unpaired) electrons. The number of aliphatic hydroxyl groups excluding tert-OH is 1. The Morgan fingerprint density at radius 1 is 1.29 bits per heavy atom. The second-order valence-electron chi connectivity index (χ2n) is 5.52. The molecule has 2 atom stereocenters. The van der Waals surface area contributed by atoms with Crippen molar-refractivity contribution < 1.29 is 18.3 Å². The molecule has 0 spiro atoms. The molecule has 0 aliphatic carbocycles. The number of hydrogen-bond acceptors (Lipinski definition) is 4. The highest BCUT2D eigenvalue weighted by atomic mass is 35.5. The molecule has 116 valence electrons. The Balaban J connectivity index is 2.31. The molecule has 2 rings (SSSR count). The van der Waals surface area contributed by atoms with E-state index in [9.17, 15) is 18.3 Å². The third kappa shape index (κ3) is 3.56. The first-order valence-electron chi connectivity index (χ1n) is 6.68. The summed E-state index contributed by atoms with van der Waals surface area (Å²) in [5.74, 6) is -0.802. The highest BCUT2D eigenvalue weighted by Crippen LogP contribution is 2.23. The summed E-state index contributed by atoms with van der Waals surface area (Å²) in [6.07, 6.45) is -1.05. The largest absolute Gasteiger partial charge is 0.390 e. The first kappa shape index (κ1) is 16.3. The van der Waals surface area contributed by atoms with Crippen LogP contribution in [0.4, 0.5) is 0 Å². The zero-order chi connectivity index (χ0) is 15.8. The van der Waals surface area contributed by atoms with Gasteiger partial charge in [0.2, 0.25) is 0 Å². The summed E-state index contributed by atoms with van der Waals surface area (Å²) in [5, 5.41) is 10.5. The monoisotopic (exact) mass is 331 g/mol. The normalized spacial score (nSPS) is 24.2. The maximum absolute atomic E-state index is 12.6. The number of rotatable bonds is 3. The van der Waals surface area contributed by atoms with Gasteiger partial charge < -0.3 is 10.0 Å². The van der Waals surface area contributed by atoms with Gasteiger partial charge in [-0.3, -0.25) is 4.79 Å². The van der Waals surface area contributed by atoms with Gasteiger partial charge in [-0.15, -0.1) is 0 Å². The molecule has 1 aromatic carbocycles. The molecular formula is C14H18ClNO4S. The number of halogens is 1. The van der Waals surface area contributed by atoms with Crippen molar-refractivity contribution in [2.24, 2.45) is 0 Å². The highest BCUT2D eigenvalue weighted by Gasteiger charge is 2.42. The molecule has 1 aliphatic heterocycles. The van der Waals surface area contributed by atoms with Crippen LogP contribution < -0.4 is 0 Å². The molecule has 1 heterocycles. The summed E-state index contributed by atoms with van der Waals surface area (Å²) in [5.41, 5.74) is 0.421. The molecule has 21 heavy (non-hydrogen) atoms. The van der Waals surface area contributed by atoms with Gasteiger partial charge in [-0.1, -0.05) is 11.6 Å². The van der Waals surface area contributed by atoms with Gasteiger partial charge in [-0.05, 0) is 38.1 Å². The minimum absolute atomic E-state index is 0.203. The summed E-state index contributed by atoms with van der Waals surface area (Å²) in [6.45, 7) is 3.59. The van der Waals surface area contributed by atoms with Gasteiger partial charge in [0.15, 0.2) is 9.84 Å². The average molecular weight is 332 g/mol. The number of aliphatic hydroxyl groups is 1. The van der Waals surface area contributed by atoms with Crippen molar-refractivity contribution in [3.63, 3.8) is 0 Å². The van der Waals surface area contributed by atoms with Crippen molar-refractivity contribution in [1.82, 2.24) is 4.90 Å². The third-order valence-electron chi connectivity index (χ3n) is 3.53. The Labute approximate surface area is 129 Å². The third-order valence-corrected chi connectivity index (χ3v) is 5.48. The van der Waals surface area contributed by atoms with E-state index >= 15 is 0 Å². The standard InChI is InChI=1S/C14H18ClNO4S/c1-9(2)16(12-7-21(19,20)8-13(12)17)14(18)10-3-5-11(15)6-4-10/h3-6,9,12-13,17H,7-8H2,1-2H3/t12-,13-/m1/s1. The summed E-state index contributed by atoms with van der Waals surface area (Å²) in [4.78, 5) is 14.1. The van der Waals surface area contributed by atoms with Gasteiger partial charge >= 0.3 is 0 Å². The molecule has 0 aromatic heterocycles. The maximum Gasteiger partial charge on any atom is 0.254 e. The molecule has 1 fully saturated rings. The van der Waals surface area contributed by atoms with Crippen LogP contribution in [0.25, 0.3) is 0 Å². The molecule has 5 nitrogen and oxygen atoms in total. The van der Waals surface area contributed by atoms with E-state index in [1.165, 1.54) is 4.90 Å². The van der Waals surface area contributed by atoms with Crippen LogP contribution in [-0.2, 0) is 9.84 Å². The Hall–Kier alpha value is -1.11. The van der Waals surface area contributed by atoms with E-state index in [1.54, 1.807) is 38.1 Å². The van der Waals surface area contributed by atoms with Crippen LogP contribution in [0.1, 0.15) is 24.2 Å². The van der Waals surface area contributed by atoms with Crippen molar-refractivity contribution in [2.75, 3.05) is 11.5 Å². The van der Waals surface area contributed by atoms with E-state index in [2.05, 4.69) is 0 Å². The minimum Gasteiger partial charge on any atom is -0.390 e. The molecule has 0 unspecified atom stereocenters. The number of nitrogens with zero attached hydrogens (tertiary/aromatic N) is 1. The second-order valence-corrected chi connectivity index (χ2v) is 8.11. The molecule has 1 N–H and O–H groups in total. The number of carbonyl (C=O) groups excluding carboxylic acids is 1. The van der Waals surface area contributed by atoms with Crippen molar-refractivity contribution in [2.45, 2.75) is 32.0 Å². The van der Waals surface area contributed by atoms with Crippen LogP contribution in [0, 0.1) is 0 Å². The van der Waals surface area contributed by atoms with Crippen LogP contribution >= 0.6 is 11.6 Å². The Bertz CT molecular complexity index is 627.